The summed E-state index contributed by atoms with van der Waals surface area (Å²) in [4.78, 5) is 42.3. The van der Waals surface area contributed by atoms with Gasteiger partial charge < -0.3 is 4.74 Å². The van der Waals surface area contributed by atoms with Crippen LogP contribution in [0.25, 0.3) is 0 Å². The number of amides is 3. The number of aryl methyl sites for hydroxylation is 2. The van der Waals surface area contributed by atoms with Gasteiger partial charge in [-0.1, -0.05) is 53.6 Å². The zero-order chi connectivity index (χ0) is 24.7. The number of rotatable bonds is 5. The number of anilines is 1. The number of nitrogens with zero attached hydrogens (tertiary/aromatic N) is 2. The van der Waals surface area contributed by atoms with Gasteiger partial charge in [-0.2, -0.15) is 0 Å². The molecule has 3 atom stereocenters. The second-order valence-electron chi connectivity index (χ2n) is 8.94. The number of carbonyl (C=O) groups is 3. The van der Waals surface area contributed by atoms with Crippen LogP contribution in [0.3, 0.4) is 0 Å². The molecular weight excluding hydrogens is 442 g/mol. The quantitative estimate of drug-likeness (QED) is 0.573. The maximum Gasteiger partial charge on any atom is 0.268 e. The minimum absolute atomic E-state index is 0.341. The maximum atomic E-state index is 13.8. The number of fused-ring (bicyclic) bond motifs is 1. The summed E-state index contributed by atoms with van der Waals surface area (Å²) in [6, 6.07) is 20.2. The molecule has 1 N–H and O–H groups in total. The molecule has 2 fully saturated rings. The fourth-order valence-corrected chi connectivity index (χ4v) is 4.84. The molecule has 0 radical (unpaired) electrons. The van der Waals surface area contributed by atoms with Crippen LogP contribution in [0.1, 0.15) is 40.0 Å². The molecule has 7 heteroatoms. The number of carbonyl (C=O) groups excluding carboxylic acids is 3. The molecule has 0 unspecified atom stereocenters. The van der Waals surface area contributed by atoms with Crippen LogP contribution in [-0.4, -0.2) is 35.4 Å². The van der Waals surface area contributed by atoms with Gasteiger partial charge in [0, 0.05) is 11.1 Å². The lowest BCUT2D eigenvalue weighted by molar-refractivity contribution is -0.123. The molecule has 3 aromatic rings. The highest BCUT2D eigenvalue weighted by Gasteiger charge is 2.60. The predicted octanol–water partition coefficient (Wildman–Crippen LogP) is 3.96. The fraction of sp³-hybridized carbons (Fsp3) is 0.250. The van der Waals surface area contributed by atoms with Crippen LogP contribution in [0.15, 0.2) is 72.8 Å². The van der Waals surface area contributed by atoms with E-state index in [1.54, 1.807) is 24.3 Å². The Balaban J connectivity index is 1.59. The molecule has 2 heterocycles. The molecule has 3 aromatic carbocycles. The number of hydrogen-bond acceptors (Lipinski definition) is 5. The number of hydrogen-bond donors (Lipinski definition) is 1. The van der Waals surface area contributed by atoms with E-state index in [0.717, 1.165) is 16.7 Å². The van der Waals surface area contributed by atoms with Crippen LogP contribution in [0.5, 0.6) is 5.75 Å². The summed E-state index contributed by atoms with van der Waals surface area (Å²) < 4.78 is 5.82. The average Bonchev–Trinajstić information content (AvgIpc) is 3.37. The third kappa shape index (κ3) is 3.88. The third-order valence-corrected chi connectivity index (χ3v) is 6.60. The van der Waals surface area contributed by atoms with Crippen LogP contribution in [0.2, 0.25) is 0 Å². The fourth-order valence-electron chi connectivity index (χ4n) is 4.84. The molecule has 178 valence electrons. The number of nitrogens with one attached hydrogen (secondary N) is 1. The molecule has 2 saturated heterocycles. The van der Waals surface area contributed by atoms with Gasteiger partial charge in [-0.3, -0.25) is 19.4 Å². The molecule has 0 bridgehead atoms. The minimum atomic E-state index is -0.975. The summed E-state index contributed by atoms with van der Waals surface area (Å²) in [7, 11) is 0. The first-order valence-corrected chi connectivity index (χ1v) is 11.7. The van der Waals surface area contributed by atoms with E-state index in [2.05, 4.69) is 5.43 Å². The second kappa shape index (κ2) is 9.00. The van der Waals surface area contributed by atoms with Crippen molar-refractivity contribution < 1.29 is 19.1 Å². The molecule has 7 nitrogen and oxygen atoms in total. The molecule has 5 rings (SSSR count). The molecule has 3 amide bonds. The first kappa shape index (κ1) is 22.8. The summed E-state index contributed by atoms with van der Waals surface area (Å²) in [6.45, 7) is 6.22. The van der Waals surface area contributed by atoms with Crippen molar-refractivity contribution in [3.05, 3.63) is 95.1 Å². The van der Waals surface area contributed by atoms with E-state index in [0.29, 0.717) is 23.6 Å². The molecule has 0 saturated carbocycles. The van der Waals surface area contributed by atoms with Crippen molar-refractivity contribution in [2.45, 2.75) is 32.9 Å². The van der Waals surface area contributed by atoms with Crippen LogP contribution in [-0.2, 0) is 9.59 Å². The standard InChI is InChI=1S/C28H27N3O4/c1-4-35-22-8-6-5-7-21(22)24-23-25(31(29-24)26(32)19-13-9-17(2)10-14-19)28(34)30(27(23)33)20-15-11-18(3)12-16-20/h5-16,23-25,29H,4H2,1-3H3/t23-,24-,25-/m0/s1. The van der Waals surface area contributed by atoms with Crippen LogP contribution in [0.4, 0.5) is 5.69 Å². The van der Waals surface area contributed by atoms with Crippen molar-refractivity contribution in [3.63, 3.8) is 0 Å². The zero-order valence-electron chi connectivity index (χ0n) is 19.9. The molecular formula is C28H27N3O4. The maximum absolute atomic E-state index is 13.8. The highest BCUT2D eigenvalue weighted by molar-refractivity contribution is 6.25. The minimum Gasteiger partial charge on any atom is -0.494 e. The van der Waals surface area contributed by atoms with E-state index in [1.165, 1.54) is 9.91 Å². The Morgan fingerprint density at radius 1 is 0.886 bits per heavy atom. The normalized spacial score (nSPS) is 21.4. The van der Waals surface area contributed by atoms with E-state index in [4.69, 9.17) is 4.74 Å². The Kier molecular flexibility index (Phi) is 5.86. The van der Waals surface area contributed by atoms with E-state index >= 15 is 0 Å². The Hall–Kier alpha value is -3.97. The topological polar surface area (TPSA) is 79.0 Å². The monoisotopic (exact) mass is 469 g/mol. The van der Waals surface area contributed by atoms with Gasteiger partial charge in [0.05, 0.1) is 24.3 Å². The molecule has 0 aliphatic carbocycles. The van der Waals surface area contributed by atoms with Crippen molar-refractivity contribution in [2.24, 2.45) is 5.92 Å². The summed E-state index contributed by atoms with van der Waals surface area (Å²) in [5.41, 5.74) is 6.92. The lowest BCUT2D eigenvalue weighted by atomic mass is 9.90. The molecule has 0 spiro atoms. The number of hydrazine groups is 1. The Morgan fingerprint density at radius 3 is 2.17 bits per heavy atom. The van der Waals surface area contributed by atoms with Crippen molar-refractivity contribution in [3.8, 4) is 5.75 Å². The van der Waals surface area contributed by atoms with Gasteiger partial charge in [-0.15, -0.1) is 0 Å². The van der Waals surface area contributed by atoms with E-state index < -0.39 is 23.9 Å². The molecule has 35 heavy (non-hydrogen) atoms. The van der Waals surface area contributed by atoms with Gasteiger partial charge in [0.15, 0.2) is 0 Å². The largest absolute Gasteiger partial charge is 0.494 e. The zero-order valence-corrected chi connectivity index (χ0v) is 19.9. The number of para-hydroxylation sites is 1. The Labute approximate surface area is 204 Å². The Bertz CT molecular complexity index is 1290. The van der Waals surface area contributed by atoms with E-state index in [-0.39, 0.29) is 11.8 Å². The summed E-state index contributed by atoms with van der Waals surface area (Å²) in [5, 5.41) is 1.33. The van der Waals surface area contributed by atoms with Gasteiger partial charge >= 0.3 is 0 Å². The Morgan fingerprint density at radius 2 is 1.51 bits per heavy atom. The molecule has 0 aromatic heterocycles. The third-order valence-electron chi connectivity index (χ3n) is 6.60. The number of benzene rings is 3. The highest BCUT2D eigenvalue weighted by atomic mass is 16.5. The predicted molar refractivity (Wildman–Crippen MR) is 132 cm³/mol. The lowest BCUT2D eigenvalue weighted by Gasteiger charge is -2.26. The second-order valence-corrected chi connectivity index (χ2v) is 8.94. The summed E-state index contributed by atoms with van der Waals surface area (Å²) >= 11 is 0. The van der Waals surface area contributed by atoms with Crippen molar-refractivity contribution in [2.75, 3.05) is 11.5 Å². The first-order chi connectivity index (χ1) is 16.9. The van der Waals surface area contributed by atoms with Crippen LogP contribution >= 0.6 is 0 Å². The van der Waals surface area contributed by atoms with E-state index in [9.17, 15) is 14.4 Å². The van der Waals surface area contributed by atoms with Gasteiger partial charge in [0.25, 0.3) is 11.8 Å². The van der Waals surface area contributed by atoms with Gasteiger partial charge in [0.2, 0.25) is 5.91 Å². The van der Waals surface area contributed by atoms with Gasteiger partial charge in [-0.05, 0) is 51.1 Å². The van der Waals surface area contributed by atoms with Crippen molar-refractivity contribution >= 4 is 23.4 Å². The smallest absolute Gasteiger partial charge is 0.268 e. The van der Waals surface area contributed by atoms with Crippen molar-refractivity contribution in [1.82, 2.24) is 10.4 Å². The molecule has 2 aliphatic heterocycles. The SMILES string of the molecule is CCOc1ccccc1[C@@H]1NN(C(=O)c2ccc(C)cc2)[C@@H]2C(=O)N(c3ccc(C)cc3)C(=O)[C@H]21. The van der Waals surface area contributed by atoms with Crippen LogP contribution < -0.4 is 15.1 Å². The highest BCUT2D eigenvalue weighted by Crippen LogP contribution is 2.44. The van der Waals surface area contributed by atoms with Gasteiger partial charge in [0.1, 0.15) is 11.8 Å². The lowest BCUT2D eigenvalue weighted by Crippen LogP contribution is -2.48. The average molecular weight is 470 g/mol. The van der Waals surface area contributed by atoms with Gasteiger partial charge in [-0.25, -0.2) is 10.3 Å². The summed E-state index contributed by atoms with van der Waals surface area (Å²) in [5.74, 6) is -1.30. The number of imide groups is 1. The molecule has 2 aliphatic rings. The van der Waals surface area contributed by atoms with E-state index in [1.807, 2.05) is 69.3 Å². The first-order valence-electron chi connectivity index (χ1n) is 11.7. The number of ether oxygens (including phenoxy) is 1. The van der Waals surface area contributed by atoms with Crippen LogP contribution in [0, 0.1) is 19.8 Å². The van der Waals surface area contributed by atoms with Crippen molar-refractivity contribution in [1.29, 1.82) is 0 Å². The summed E-state index contributed by atoms with van der Waals surface area (Å²) in [6.07, 6.45) is 0.